The fraction of sp³-hybridized carbons (Fsp3) is 0.130. The van der Waals surface area contributed by atoms with Crippen LogP contribution in [-0.4, -0.2) is 25.8 Å². The van der Waals surface area contributed by atoms with Gasteiger partial charge in [-0.15, -0.1) is 0 Å². The molecule has 0 aliphatic heterocycles. The molecule has 0 saturated heterocycles. The monoisotopic (exact) mass is 374 g/mol. The fourth-order valence-corrected chi connectivity index (χ4v) is 2.93. The summed E-state index contributed by atoms with van der Waals surface area (Å²) in [6, 6.07) is 25.3. The van der Waals surface area contributed by atoms with E-state index in [1.54, 1.807) is 7.05 Å². The third-order valence-corrected chi connectivity index (χ3v) is 4.25. The molecule has 5 heteroatoms. The number of amides is 1. The Kier molecular flexibility index (Phi) is 6.41. The first-order chi connectivity index (χ1) is 13.7. The molecule has 0 aromatic heterocycles. The van der Waals surface area contributed by atoms with Crippen LogP contribution in [0.5, 0.6) is 5.75 Å². The minimum absolute atomic E-state index is 0.222. The number of para-hydroxylation sites is 1. The number of hydrogen-bond acceptors (Lipinski definition) is 4. The minimum atomic E-state index is -0.313. The maximum Gasteiger partial charge on any atom is 0.273 e. The van der Waals surface area contributed by atoms with Gasteiger partial charge in [0.2, 0.25) is 0 Å². The van der Waals surface area contributed by atoms with Crippen LogP contribution < -0.4 is 10.1 Å². The molecule has 0 unspecified atom stereocenters. The van der Waals surface area contributed by atoms with Crippen LogP contribution in [0, 0.1) is 0 Å². The summed E-state index contributed by atoms with van der Waals surface area (Å²) in [4.78, 5) is 17.2. The van der Waals surface area contributed by atoms with Crippen LogP contribution in [0.2, 0.25) is 0 Å². The average molecular weight is 374 g/mol. The molecular weight excluding hydrogens is 352 g/mol. The van der Waals surface area contributed by atoms with Crippen LogP contribution in [0.15, 0.2) is 84.0 Å². The van der Waals surface area contributed by atoms with Crippen LogP contribution >= 0.6 is 0 Å². The lowest BCUT2D eigenvalue weighted by Crippen LogP contribution is -2.29. The third-order valence-electron chi connectivity index (χ3n) is 4.25. The molecule has 1 amide bonds. The van der Waals surface area contributed by atoms with Gasteiger partial charge in [0.05, 0.1) is 0 Å². The van der Waals surface area contributed by atoms with Crippen LogP contribution in [-0.2, 0) is 16.2 Å². The van der Waals surface area contributed by atoms with Gasteiger partial charge in [-0.05, 0) is 28.8 Å². The molecule has 0 aliphatic rings. The van der Waals surface area contributed by atoms with Crippen LogP contribution in [0.25, 0.3) is 11.1 Å². The summed E-state index contributed by atoms with van der Waals surface area (Å²) in [5.41, 5.74) is 3.78. The van der Waals surface area contributed by atoms with Crippen molar-refractivity contribution < 1.29 is 14.4 Å². The number of nitrogens with one attached hydrogen (secondary N) is 1. The van der Waals surface area contributed by atoms with Gasteiger partial charge in [-0.2, -0.15) is 0 Å². The molecule has 0 atom stereocenters. The number of oxime groups is 1. The number of hydrogen-bond donors (Lipinski definition) is 1. The summed E-state index contributed by atoms with van der Waals surface area (Å²) in [7, 11) is 2.99. The van der Waals surface area contributed by atoms with E-state index in [9.17, 15) is 4.79 Å². The van der Waals surface area contributed by atoms with Gasteiger partial charge in [0, 0.05) is 12.6 Å². The largest absolute Gasteiger partial charge is 0.489 e. The van der Waals surface area contributed by atoms with Gasteiger partial charge in [0.15, 0.2) is 5.71 Å². The van der Waals surface area contributed by atoms with Gasteiger partial charge < -0.3 is 14.9 Å². The Balaban J connectivity index is 2.01. The summed E-state index contributed by atoms with van der Waals surface area (Å²) in [6.07, 6.45) is 0. The molecular formula is C23H22N2O3. The maximum absolute atomic E-state index is 12.3. The standard InChI is InChI=1S/C23H22N2O3/c1-24-23(26)22(25-27-2)21-15-9-8-14-20(21)19-13-7-6-10-17(19)16-28-18-11-4-3-5-12-18/h3-15H,16H2,1-2H3,(H,24,26). The van der Waals surface area contributed by atoms with E-state index in [0.717, 1.165) is 22.4 Å². The van der Waals surface area contributed by atoms with E-state index in [-0.39, 0.29) is 11.6 Å². The van der Waals surface area contributed by atoms with E-state index < -0.39 is 0 Å². The van der Waals surface area contributed by atoms with E-state index in [1.165, 1.54) is 7.11 Å². The number of carbonyl (C=O) groups excluding carboxylic acids is 1. The van der Waals surface area contributed by atoms with Gasteiger partial charge in [-0.25, -0.2) is 0 Å². The first kappa shape index (κ1) is 19.2. The van der Waals surface area contributed by atoms with E-state index in [4.69, 9.17) is 9.57 Å². The Labute approximate surface area is 164 Å². The van der Waals surface area contributed by atoms with Crippen molar-refractivity contribution in [2.24, 2.45) is 5.16 Å². The summed E-state index contributed by atoms with van der Waals surface area (Å²) in [6.45, 7) is 0.408. The molecule has 0 saturated carbocycles. The molecule has 3 aromatic carbocycles. The smallest absolute Gasteiger partial charge is 0.273 e. The molecule has 5 nitrogen and oxygen atoms in total. The first-order valence-corrected chi connectivity index (χ1v) is 8.93. The number of carbonyl (C=O) groups is 1. The Morgan fingerprint density at radius 3 is 2.25 bits per heavy atom. The first-order valence-electron chi connectivity index (χ1n) is 8.93. The van der Waals surface area contributed by atoms with E-state index in [0.29, 0.717) is 12.2 Å². The van der Waals surface area contributed by atoms with Crippen molar-refractivity contribution in [3.63, 3.8) is 0 Å². The summed E-state index contributed by atoms with van der Waals surface area (Å²) in [5.74, 6) is 0.491. The Hall–Kier alpha value is -3.60. The average Bonchev–Trinajstić information content (AvgIpc) is 2.76. The Morgan fingerprint density at radius 2 is 1.54 bits per heavy atom. The van der Waals surface area contributed by atoms with Crippen LogP contribution in [0.4, 0.5) is 0 Å². The molecule has 0 radical (unpaired) electrons. The minimum Gasteiger partial charge on any atom is -0.489 e. The van der Waals surface area contributed by atoms with Gasteiger partial charge >= 0.3 is 0 Å². The number of nitrogens with zero attached hydrogens (tertiary/aromatic N) is 1. The maximum atomic E-state index is 12.3. The molecule has 0 fully saturated rings. The molecule has 0 spiro atoms. The molecule has 1 N–H and O–H groups in total. The second-order valence-corrected chi connectivity index (χ2v) is 6.01. The molecule has 0 heterocycles. The predicted octanol–water partition coefficient (Wildman–Crippen LogP) is 4.03. The summed E-state index contributed by atoms with van der Waals surface area (Å²) in [5, 5.41) is 6.56. The molecule has 0 aliphatic carbocycles. The van der Waals surface area contributed by atoms with Crippen molar-refractivity contribution in [2.45, 2.75) is 6.61 Å². The number of rotatable bonds is 7. The van der Waals surface area contributed by atoms with Gasteiger partial charge in [0.25, 0.3) is 5.91 Å². The van der Waals surface area contributed by atoms with Crippen molar-refractivity contribution in [3.05, 3.63) is 90.0 Å². The van der Waals surface area contributed by atoms with Crippen molar-refractivity contribution in [1.82, 2.24) is 5.32 Å². The van der Waals surface area contributed by atoms with E-state index in [2.05, 4.69) is 10.5 Å². The Bertz CT molecular complexity index is 968. The highest BCUT2D eigenvalue weighted by atomic mass is 16.6. The molecule has 3 aromatic rings. The lowest BCUT2D eigenvalue weighted by atomic mass is 9.93. The molecule has 142 valence electrons. The highest BCUT2D eigenvalue weighted by Crippen LogP contribution is 2.29. The van der Waals surface area contributed by atoms with E-state index >= 15 is 0 Å². The normalized spacial score (nSPS) is 11.0. The van der Waals surface area contributed by atoms with Gasteiger partial charge in [-0.3, -0.25) is 4.79 Å². The Morgan fingerprint density at radius 1 is 0.893 bits per heavy atom. The van der Waals surface area contributed by atoms with Crippen molar-refractivity contribution in [1.29, 1.82) is 0 Å². The number of ether oxygens (including phenoxy) is 1. The van der Waals surface area contributed by atoms with Gasteiger partial charge in [-0.1, -0.05) is 71.9 Å². The second kappa shape index (κ2) is 9.37. The van der Waals surface area contributed by atoms with Crippen molar-refractivity contribution in [2.75, 3.05) is 14.2 Å². The SMILES string of the molecule is CNC(=O)C(=NOC)c1ccccc1-c1ccccc1COc1ccccc1. The number of likely N-dealkylation sites (N-methyl/N-ethyl adjacent to an activating group) is 1. The van der Waals surface area contributed by atoms with Gasteiger partial charge in [0.1, 0.15) is 19.5 Å². The summed E-state index contributed by atoms with van der Waals surface area (Å²) < 4.78 is 5.94. The lowest BCUT2D eigenvalue weighted by molar-refractivity contribution is -0.114. The third kappa shape index (κ3) is 4.38. The fourth-order valence-electron chi connectivity index (χ4n) is 2.93. The summed E-state index contributed by atoms with van der Waals surface area (Å²) >= 11 is 0. The van der Waals surface area contributed by atoms with Crippen molar-refractivity contribution in [3.8, 4) is 16.9 Å². The quantitative estimate of drug-likeness (QED) is 0.502. The number of benzene rings is 3. The zero-order chi connectivity index (χ0) is 19.8. The zero-order valence-corrected chi connectivity index (χ0v) is 15.9. The second-order valence-electron chi connectivity index (χ2n) is 6.01. The lowest BCUT2D eigenvalue weighted by Gasteiger charge is -2.15. The predicted molar refractivity (Wildman–Crippen MR) is 110 cm³/mol. The highest BCUT2D eigenvalue weighted by molar-refractivity contribution is 6.46. The van der Waals surface area contributed by atoms with Crippen LogP contribution in [0.1, 0.15) is 11.1 Å². The highest BCUT2D eigenvalue weighted by Gasteiger charge is 2.19. The van der Waals surface area contributed by atoms with E-state index in [1.807, 2.05) is 78.9 Å². The zero-order valence-electron chi connectivity index (χ0n) is 15.9. The molecule has 0 bridgehead atoms. The molecule has 28 heavy (non-hydrogen) atoms. The topological polar surface area (TPSA) is 59.9 Å². The van der Waals surface area contributed by atoms with Crippen LogP contribution in [0.3, 0.4) is 0 Å². The van der Waals surface area contributed by atoms with Crippen molar-refractivity contribution >= 4 is 11.6 Å². The molecule has 3 rings (SSSR count).